The van der Waals surface area contributed by atoms with Gasteiger partial charge in [-0.1, -0.05) is 20.8 Å². The van der Waals surface area contributed by atoms with Gasteiger partial charge in [-0.05, 0) is 73.3 Å². The molecule has 0 saturated carbocycles. The zero-order valence-corrected chi connectivity index (χ0v) is 20.6. The van der Waals surface area contributed by atoms with Crippen molar-refractivity contribution in [2.24, 2.45) is 5.92 Å². The molecule has 6 nitrogen and oxygen atoms in total. The number of piperazine rings is 1. The Labute approximate surface area is 196 Å². The molecule has 0 N–H and O–H groups in total. The Morgan fingerprint density at radius 3 is 2.55 bits per heavy atom. The second-order valence-electron chi connectivity index (χ2n) is 9.38. The van der Waals surface area contributed by atoms with Crippen molar-refractivity contribution in [3.8, 4) is 5.69 Å². The van der Waals surface area contributed by atoms with E-state index in [9.17, 15) is 12.8 Å². The van der Waals surface area contributed by atoms with Crippen LogP contribution < -0.4 is 0 Å². The number of hydrogen-bond donors (Lipinski definition) is 0. The molecule has 1 atom stereocenters. The van der Waals surface area contributed by atoms with E-state index >= 15 is 0 Å². The fourth-order valence-corrected chi connectivity index (χ4v) is 6.55. The van der Waals surface area contributed by atoms with Gasteiger partial charge in [-0.25, -0.2) is 17.5 Å². The maximum absolute atomic E-state index is 13.4. The third kappa shape index (κ3) is 4.98. The number of fused-ring (bicyclic) bond motifs is 1. The zero-order valence-electron chi connectivity index (χ0n) is 19.8. The lowest BCUT2D eigenvalue weighted by molar-refractivity contribution is 0.118. The Balaban J connectivity index is 1.71. The van der Waals surface area contributed by atoms with Crippen LogP contribution in [0.1, 0.15) is 44.4 Å². The van der Waals surface area contributed by atoms with E-state index in [-0.39, 0.29) is 23.5 Å². The largest absolute Gasteiger partial charge is 0.294 e. The minimum Gasteiger partial charge on any atom is -0.294 e. The molecular formula is C25H33FN4O2S. The van der Waals surface area contributed by atoms with Gasteiger partial charge >= 0.3 is 0 Å². The highest BCUT2D eigenvalue weighted by atomic mass is 32.2. The number of halogens is 1. The fourth-order valence-electron chi connectivity index (χ4n) is 4.77. The van der Waals surface area contributed by atoms with Gasteiger partial charge in [0.2, 0.25) is 10.0 Å². The molecule has 0 spiro atoms. The van der Waals surface area contributed by atoms with Gasteiger partial charge in [0.25, 0.3) is 0 Å². The van der Waals surface area contributed by atoms with Gasteiger partial charge in [0.1, 0.15) is 5.82 Å². The smallest absolute Gasteiger partial charge is 0.214 e. The Kier molecular flexibility index (Phi) is 6.88. The monoisotopic (exact) mass is 472 g/mol. The van der Waals surface area contributed by atoms with Crippen molar-refractivity contribution < 1.29 is 12.8 Å². The molecule has 3 aromatic rings. The molecule has 1 aliphatic rings. The van der Waals surface area contributed by atoms with Crippen LogP contribution in [0.2, 0.25) is 0 Å². The minimum absolute atomic E-state index is 0.000733. The Morgan fingerprint density at radius 2 is 1.88 bits per heavy atom. The first-order valence-electron chi connectivity index (χ1n) is 11.7. The highest BCUT2D eigenvalue weighted by molar-refractivity contribution is 7.89. The first-order chi connectivity index (χ1) is 15.7. The third-order valence-corrected chi connectivity index (χ3v) is 8.49. The molecule has 0 amide bonds. The highest BCUT2D eigenvalue weighted by Gasteiger charge is 2.34. The second kappa shape index (κ2) is 9.52. The molecular weight excluding hydrogens is 439 g/mol. The highest BCUT2D eigenvalue weighted by Crippen LogP contribution is 2.33. The first-order valence-corrected chi connectivity index (χ1v) is 13.3. The number of sulfonamides is 1. The first kappa shape index (κ1) is 23.9. The lowest BCUT2D eigenvalue weighted by Gasteiger charge is -2.41. The van der Waals surface area contributed by atoms with Crippen LogP contribution in [-0.4, -0.2) is 59.3 Å². The van der Waals surface area contributed by atoms with Crippen LogP contribution >= 0.6 is 0 Å². The van der Waals surface area contributed by atoms with Gasteiger partial charge in [-0.3, -0.25) is 4.90 Å². The maximum Gasteiger partial charge on any atom is 0.214 e. The number of rotatable bonds is 7. The molecule has 1 aliphatic heterocycles. The predicted octanol–water partition coefficient (Wildman–Crippen LogP) is 4.53. The quantitative estimate of drug-likeness (QED) is 0.507. The zero-order chi connectivity index (χ0) is 23.8. The minimum atomic E-state index is -3.29. The van der Waals surface area contributed by atoms with Crippen molar-refractivity contribution in [2.45, 2.75) is 40.2 Å². The van der Waals surface area contributed by atoms with Crippen molar-refractivity contribution in [2.75, 3.05) is 31.9 Å². The average Bonchev–Trinajstić information content (AvgIpc) is 3.16. The van der Waals surface area contributed by atoms with Crippen molar-refractivity contribution in [3.05, 3.63) is 59.5 Å². The summed E-state index contributed by atoms with van der Waals surface area (Å²) in [6, 6.07) is 10.5. The molecule has 0 radical (unpaired) electrons. The van der Waals surface area contributed by atoms with Gasteiger partial charge in [0.05, 0.1) is 23.2 Å². The van der Waals surface area contributed by atoms with E-state index in [1.54, 1.807) is 16.4 Å². The molecule has 33 heavy (non-hydrogen) atoms. The van der Waals surface area contributed by atoms with Gasteiger partial charge in [-0.2, -0.15) is 9.40 Å². The summed E-state index contributed by atoms with van der Waals surface area (Å²) in [5.74, 6) is -0.00728. The van der Waals surface area contributed by atoms with Gasteiger partial charge in [-0.15, -0.1) is 0 Å². The van der Waals surface area contributed by atoms with E-state index in [0.29, 0.717) is 13.1 Å². The normalized spacial score (nSPS) is 18.4. The number of nitrogens with zero attached hydrogens (tertiary/aromatic N) is 4. The lowest BCUT2D eigenvalue weighted by Crippen LogP contribution is -2.51. The molecule has 1 saturated heterocycles. The van der Waals surface area contributed by atoms with E-state index in [1.807, 2.05) is 24.7 Å². The summed E-state index contributed by atoms with van der Waals surface area (Å²) in [7, 11) is -3.29. The van der Waals surface area contributed by atoms with Crippen LogP contribution in [0.15, 0.2) is 42.6 Å². The molecule has 2 aromatic carbocycles. The summed E-state index contributed by atoms with van der Waals surface area (Å²) in [5, 5.41) is 5.52. The van der Waals surface area contributed by atoms with Gasteiger partial charge in [0.15, 0.2) is 0 Å². The molecule has 0 aliphatic carbocycles. The van der Waals surface area contributed by atoms with Crippen LogP contribution in [0.25, 0.3) is 16.6 Å². The molecule has 1 aromatic heterocycles. The summed E-state index contributed by atoms with van der Waals surface area (Å²) in [4.78, 5) is 2.40. The number of benzene rings is 2. The third-order valence-electron chi connectivity index (χ3n) is 6.29. The van der Waals surface area contributed by atoms with E-state index in [4.69, 9.17) is 0 Å². The van der Waals surface area contributed by atoms with Crippen LogP contribution in [0, 0.1) is 18.7 Å². The standard InChI is InChI=1S/C25H33FN4O2S/c1-5-10-28-11-12-29(33(31,32)17-18(2)3)16-25(28)23-14-20-15-27-30(24(20)13-19(23)4)22-8-6-21(26)7-9-22/h6-9,13-15,18,25H,5,10-12,16-17H2,1-4H3/t25-/m0/s1. The summed E-state index contributed by atoms with van der Waals surface area (Å²) in [6.07, 6.45) is 2.83. The van der Waals surface area contributed by atoms with Crippen molar-refractivity contribution in [1.82, 2.24) is 19.0 Å². The van der Waals surface area contributed by atoms with Crippen molar-refractivity contribution >= 4 is 20.9 Å². The Morgan fingerprint density at radius 1 is 1.15 bits per heavy atom. The van der Waals surface area contributed by atoms with Crippen LogP contribution in [0.5, 0.6) is 0 Å². The Hall–Kier alpha value is -2.29. The molecule has 2 heterocycles. The number of aryl methyl sites for hydroxylation is 1. The molecule has 0 unspecified atom stereocenters. The van der Waals surface area contributed by atoms with Crippen molar-refractivity contribution in [3.63, 3.8) is 0 Å². The van der Waals surface area contributed by atoms with Crippen LogP contribution in [0.4, 0.5) is 4.39 Å². The summed E-state index contributed by atoms with van der Waals surface area (Å²) < 4.78 is 42.8. The average molecular weight is 473 g/mol. The van der Waals surface area contributed by atoms with Gasteiger partial charge < -0.3 is 0 Å². The number of hydrogen-bond acceptors (Lipinski definition) is 4. The summed E-state index contributed by atoms with van der Waals surface area (Å²) in [5.41, 5.74) is 3.99. The SMILES string of the molecule is CCCN1CCN(S(=O)(=O)CC(C)C)C[C@H]1c1cc2cnn(-c3ccc(F)cc3)c2cc1C. The molecule has 178 valence electrons. The molecule has 1 fully saturated rings. The van der Waals surface area contributed by atoms with E-state index in [1.165, 1.54) is 12.1 Å². The van der Waals surface area contributed by atoms with Crippen LogP contribution in [-0.2, 0) is 10.0 Å². The molecule has 8 heteroatoms. The van der Waals surface area contributed by atoms with Gasteiger partial charge in [0, 0.05) is 31.1 Å². The van der Waals surface area contributed by atoms with Crippen LogP contribution in [0.3, 0.4) is 0 Å². The topological polar surface area (TPSA) is 58.4 Å². The van der Waals surface area contributed by atoms with E-state index < -0.39 is 10.0 Å². The van der Waals surface area contributed by atoms with Crippen molar-refractivity contribution in [1.29, 1.82) is 0 Å². The second-order valence-corrected chi connectivity index (χ2v) is 11.4. The Bertz CT molecular complexity index is 1220. The predicted molar refractivity (Wildman–Crippen MR) is 131 cm³/mol. The fraction of sp³-hybridized carbons (Fsp3) is 0.480. The summed E-state index contributed by atoms with van der Waals surface area (Å²) >= 11 is 0. The number of aromatic nitrogens is 2. The lowest BCUT2D eigenvalue weighted by atomic mass is 9.96. The van der Waals surface area contributed by atoms with E-state index in [2.05, 4.69) is 36.0 Å². The summed E-state index contributed by atoms with van der Waals surface area (Å²) in [6.45, 7) is 10.8. The van der Waals surface area contributed by atoms with E-state index in [0.717, 1.165) is 47.2 Å². The maximum atomic E-state index is 13.4. The molecule has 0 bridgehead atoms. The molecule has 4 rings (SSSR count).